The predicted molar refractivity (Wildman–Crippen MR) is 76.6 cm³/mol. The lowest BCUT2D eigenvalue weighted by Crippen LogP contribution is -2.31. The van der Waals surface area contributed by atoms with E-state index in [0.717, 1.165) is 6.42 Å². The molecule has 3 unspecified atom stereocenters. The maximum absolute atomic E-state index is 12.7. The monoisotopic (exact) mass is 296 g/mol. The van der Waals surface area contributed by atoms with E-state index in [1.807, 2.05) is 0 Å². The van der Waals surface area contributed by atoms with E-state index in [9.17, 15) is 13.2 Å². The molecule has 0 radical (unpaired) electrons. The number of hydrogen-bond acceptors (Lipinski definition) is 3. The van der Waals surface area contributed by atoms with E-state index in [0.29, 0.717) is 24.7 Å². The van der Waals surface area contributed by atoms with Crippen molar-refractivity contribution in [3.05, 3.63) is 29.8 Å². The Morgan fingerprint density at radius 1 is 1.15 bits per heavy atom. The fourth-order valence-electron chi connectivity index (χ4n) is 2.85. The highest BCUT2D eigenvalue weighted by Gasteiger charge is 2.36. The van der Waals surface area contributed by atoms with E-state index >= 15 is 0 Å². The van der Waals surface area contributed by atoms with Crippen LogP contribution in [-0.2, 0) is 9.84 Å². The number of carbonyl (C=O) groups is 1. The standard InChI is InChI=1S/C15H20O4S/c1-10-7-8-12(9-11(10)2)20(18,19)14-6-4-3-5-13(14)15(16)17/h3-6,10-12H,7-9H2,1-2H3,(H,16,17). The molecule has 0 aromatic heterocycles. The van der Waals surface area contributed by atoms with Crippen molar-refractivity contribution in [1.82, 2.24) is 0 Å². The van der Waals surface area contributed by atoms with Gasteiger partial charge >= 0.3 is 5.97 Å². The minimum Gasteiger partial charge on any atom is -0.478 e. The third kappa shape index (κ3) is 2.73. The number of rotatable bonds is 3. The lowest BCUT2D eigenvalue weighted by molar-refractivity contribution is 0.0692. The zero-order valence-corrected chi connectivity index (χ0v) is 12.6. The molecule has 1 N–H and O–H groups in total. The maximum Gasteiger partial charge on any atom is 0.337 e. The summed E-state index contributed by atoms with van der Waals surface area (Å²) in [5, 5.41) is 8.69. The number of aromatic carboxylic acids is 1. The number of carboxylic acids is 1. The Morgan fingerprint density at radius 3 is 2.40 bits per heavy atom. The first-order valence-electron chi connectivity index (χ1n) is 6.90. The van der Waals surface area contributed by atoms with Crippen LogP contribution in [0.15, 0.2) is 29.2 Å². The van der Waals surface area contributed by atoms with Gasteiger partial charge in [-0.15, -0.1) is 0 Å². The summed E-state index contributed by atoms with van der Waals surface area (Å²) >= 11 is 0. The quantitative estimate of drug-likeness (QED) is 0.930. The average molecular weight is 296 g/mol. The topological polar surface area (TPSA) is 71.4 Å². The Bertz CT molecular complexity index is 606. The van der Waals surface area contributed by atoms with Gasteiger partial charge in [0.25, 0.3) is 0 Å². The van der Waals surface area contributed by atoms with Gasteiger partial charge in [-0.25, -0.2) is 13.2 Å². The normalized spacial score (nSPS) is 27.2. The van der Waals surface area contributed by atoms with Crippen molar-refractivity contribution in [2.24, 2.45) is 11.8 Å². The van der Waals surface area contributed by atoms with Gasteiger partial charge in [-0.1, -0.05) is 26.0 Å². The van der Waals surface area contributed by atoms with E-state index < -0.39 is 21.1 Å². The zero-order chi connectivity index (χ0) is 14.9. The molecule has 4 nitrogen and oxygen atoms in total. The molecule has 1 fully saturated rings. The van der Waals surface area contributed by atoms with Crippen molar-refractivity contribution < 1.29 is 18.3 Å². The Morgan fingerprint density at radius 2 is 1.80 bits per heavy atom. The van der Waals surface area contributed by atoms with Crippen LogP contribution in [0, 0.1) is 11.8 Å². The van der Waals surface area contributed by atoms with Gasteiger partial charge < -0.3 is 5.11 Å². The van der Waals surface area contributed by atoms with Crippen LogP contribution < -0.4 is 0 Å². The number of benzene rings is 1. The molecular weight excluding hydrogens is 276 g/mol. The molecule has 1 aromatic rings. The second kappa shape index (κ2) is 5.56. The number of carboxylic acid groups (broad SMARTS) is 1. The summed E-state index contributed by atoms with van der Waals surface area (Å²) in [4.78, 5) is 11.2. The van der Waals surface area contributed by atoms with E-state index in [4.69, 9.17) is 5.11 Å². The van der Waals surface area contributed by atoms with Crippen LogP contribution >= 0.6 is 0 Å². The van der Waals surface area contributed by atoms with Gasteiger partial charge in [0.1, 0.15) is 0 Å². The first-order valence-corrected chi connectivity index (χ1v) is 8.45. The summed E-state index contributed by atoms with van der Waals surface area (Å²) in [6.07, 6.45) is 2.10. The third-order valence-corrected chi connectivity index (χ3v) is 6.69. The van der Waals surface area contributed by atoms with Crippen LogP contribution in [-0.4, -0.2) is 24.7 Å². The van der Waals surface area contributed by atoms with Crippen molar-refractivity contribution >= 4 is 15.8 Å². The van der Waals surface area contributed by atoms with Crippen LogP contribution in [0.25, 0.3) is 0 Å². The SMILES string of the molecule is CC1CCC(S(=O)(=O)c2ccccc2C(=O)O)CC1C. The Kier molecular flexibility index (Phi) is 4.18. The summed E-state index contributed by atoms with van der Waals surface area (Å²) in [6.45, 7) is 4.20. The van der Waals surface area contributed by atoms with Crippen LogP contribution in [0.1, 0.15) is 43.5 Å². The molecule has 5 heteroatoms. The predicted octanol–water partition coefficient (Wildman–Crippen LogP) is 2.98. The van der Waals surface area contributed by atoms with Gasteiger partial charge in [0.2, 0.25) is 0 Å². The van der Waals surface area contributed by atoms with Gasteiger partial charge in [-0.05, 0) is 43.2 Å². The molecule has 0 spiro atoms. The molecule has 20 heavy (non-hydrogen) atoms. The maximum atomic E-state index is 12.7. The van der Waals surface area contributed by atoms with Gasteiger partial charge in [-0.2, -0.15) is 0 Å². The summed E-state index contributed by atoms with van der Waals surface area (Å²) in [5.74, 6) is -0.321. The molecule has 110 valence electrons. The molecule has 0 saturated heterocycles. The molecule has 1 aliphatic rings. The van der Waals surface area contributed by atoms with Gasteiger partial charge in [0, 0.05) is 0 Å². The molecule has 0 heterocycles. The van der Waals surface area contributed by atoms with Crippen LogP contribution in [0.2, 0.25) is 0 Å². The lowest BCUT2D eigenvalue weighted by atomic mass is 9.81. The van der Waals surface area contributed by atoms with Crippen molar-refractivity contribution in [3.63, 3.8) is 0 Å². The molecule has 0 bridgehead atoms. The summed E-state index contributed by atoms with van der Waals surface area (Å²) in [7, 11) is -3.57. The highest BCUT2D eigenvalue weighted by Crippen LogP contribution is 2.36. The minimum absolute atomic E-state index is 0.0424. The van der Waals surface area contributed by atoms with Gasteiger partial charge in [-0.3, -0.25) is 0 Å². The Hall–Kier alpha value is -1.36. The first kappa shape index (κ1) is 15.0. The summed E-state index contributed by atoms with van der Waals surface area (Å²) < 4.78 is 25.4. The van der Waals surface area contributed by atoms with Gasteiger partial charge in [0.15, 0.2) is 9.84 Å². The number of hydrogen-bond donors (Lipinski definition) is 1. The zero-order valence-electron chi connectivity index (χ0n) is 11.7. The first-order chi connectivity index (χ1) is 9.34. The molecule has 0 amide bonds. The van der Waals surface area contributed by atoms with Crippen molar-refractivity contribution in [2.75, 3.05) is 0 Å². The summed E-state index contributed by atoms with van der Waals surface area (Å²) in [6, 6.07) is 5.88. The highest BCUT2D eigenvalue weighted by atomic mass is 32.2. The van der Waals surface area contributed by atoms with Crippen LogP contribution in [0.3, 0.4) is 0 Å². The molecule has 3 atom stereocenters. The lowest BCUT2D eigenvalue weighted by Gasteiger charge is -2.31. The van der Waals surface area contributed by atoms with Crippen LogP contribution in [0.5, 0.6) is 0 Å². The molecule has 0 aliphatic heterocycles. The molecular formula is C15H20O4S. The average Bonchev–Trinajstić information content (AvgIpc) is 2.41. The third-order valence-electron chi connectivity index (χ3n) is 4.41. The minimum atomic E-state index is -3.57. The second-order valence-electron chi connectivity index (χ2n) is 5.74. The summed E-state index contributed by atoms with van der Waals surface area (Å²) in [5.41, 5.74) is -0.126. The fraction of sp³-hybridized carbons (Fsp3) is 0.533. The van der Waals surface area contributed by atoms with E-state index in [1.165, 1.54) is 12.1 Å². The van der Waals surface area contributed by atoms with Crippen molar-refractivity contribution in [3.8, 4) is 0 Å². The Labute approximate surface area is 119 Å². The Balaban J connectivity index is 2.39. The molecule has 1 aromatic carbocycles. The van der Waals surface area contributed by atoms with E-state index in [2.05, 4.69) is 13.8 Å². The fourth-order valence-corrected chi connectivity index (χ4v) is 4.94. The highest BCUT2D eigenvalue weighted by molar-refractivity contribution is 7.92. The number of sulfone groups is 1. The molecule has 2 rings (SSSR count). The molecule has 1 aliphatic carbocycles. The smallest absolute Gasteiger partial charge is 0.337 e. The van der Waals surface area contributed by atoms with E-state index in [-0.39, 0.29) is 10.5 Å². The van der Waals surface area contributed by atoms with E-state index in [1.54, 1.807) is 12.1 Å². The second-order valence-corrected chi connectivity index (χ2v) is 7.93. The van der Waals surface area contributed by atoms with Crippen molar-refractivity contribution in [2.45, 2.75) is 43.3 Å². The molecule has 1 saturated carbocycles. The van der Waals surface area contributed by atoms with Crippen LogP contribution in [0.4, 0.5) is 0 Å². The van der Waals surface area contributed by atoms with Gasteiger partial charge in [0.05, 0.1) is 15.7 Å². The van der Waals surface area contributed by atoms with Crippen molar-refractivity contribution in [1.29, 1.82) is 0 Å². The largest absolute Gasteiger partial charge is 0.478 e.